The number of rotatable bonds is 6. The number of aliphatic hydroxyl groups excluding tert-OH is 2. The number of nitrogens with one attached hydrogen (secondary N) is 1. The van der Waals surface area contributed by atoms with Crippen molar-refractivity contribution in [3.63, 3.8) is 0 Å². The number of nitro benzene ring substituents is 1. The van der Waals surface area contributed by atoms with Gasteiger partial charge in [0.05, 0.1) is 23.7 Å². The third-order valence-corrected chi connectivity index (χ3v) is 4.19. The highest BCUT2D eigenvalue weighted by Crippen LogP contribution is 2.21. The smallest absolute Gasteiger partial charge is 0.269 e. The summed E-state index contributed by atoms with van der Waals surface area (Å²) in [6, 6.07) is 5.57. The summed E-state index contributed by atoms with van der Waals surface area (Å²) in [5, 5.41) is 33.9. The zero-order chi connectivity index (χ0) is 16.1. The molecule has 1 saturated heterocycles. The maximum Gasteiger partial charge on any atom is 0.269 e. The fourth-order valence-electron chi connectivity index (χ4n) is 2.75. The quantitative estimate of drug-likeness (QED) is 0.528. The van der Waals surface area contributed by atoms with Crippen LogP contribution in [0.1, 0.15) is 24.5 Å². The van der Waals surface area contributed by atoms with E-state index in [0.29, 0.717) is 5.56 Å². The fourth-order valence-corrected chi connectivity index (χ4v) is 2.75. The Kier molecular flexibility index (Phi) is 5.84. The third-order valence-electron chi connectivity index (χ3n) is 4.19. The van der Waals surface area contributed by atoms with Crippen molar-refractivity contribution >= 4 is 5.69 Å². The van der Waals surface area contributed by atoms with Gasteiger partial charge in [-0.05, 0) is 50.7 Å². The van der Waals surface area contributed by atoms with E-state index in [1.807, 2.05) is 0 Å². The second kappa shape index (κ2) is 7.64. The van der Waals surface area contributed by atoms with Gasteiger partial charge in [-0.2, -0.15) is 0 Å². The van der Waals surface area contributed by atoms with E-state index in [1.54, 1.807) is 0 Å². The summed E-state index contributed by atoms with van der Waals surface area (Å²) < 4.78 is 0. The SMILES string of the molecule is CN1CCC(NC(CO)C(O)c2ccc([N+](=O)[O-])cc2)CC1. The van der Waals surface area contributed by atoms with Gasteiger partial charge in [-0.15, -0.1) is 0 Å². The zero-order valence-electron chi connectivity index (χ0n) is 12.7. The largest absolute Gasteiger partial charge is 0.395 e. The van der Waals surface area contributed by atoms with Gasteiger partial charge in [0.2, 0.25) is 0 Å². The molecule has 1 heterocycles. The van der Waals surface area contributed by atoms with E-state index < -0.39 is 17.1 Å². The molecule has 7 nitrogen and oxygen atoms in total. The van der Waals surface area contributed by atoms with Crippen molar-refractivity contribution in [3.05, 3.63) is 39.9 Å². The Morgan fingerprint density at radius 2 is 1.95 bits per heavy atom. The van der Waals surface area contributed by atoms with Crippen LogP contribution in [-0.2, 0) is 0 Å². The van der Waals surface area contributed by atoms with E-state index in [0.717, 1.165) is 25.9 Å². The van der Waals surface area contributed by atoms with Crippen molar-refractivity contribution in [2.75, 3.05) is 26.7 Å². The highest BCUT2D eigenvalue weighted by atomic mass is 16.6. The lowest BCUT2D eigenvalue weighted by Crippen LogP contribution is -2.48. The van der Waals surface area contributed by atoms with Crippen LogP contribution in [0.4, 0.5) is 5.69 Å². The van der Waals surface area contributed by atoms with E-state index in [9.17, 15) is 20.3 Å². The molecular weight excluding hydrogens is 286 g/mol. The molecule has 0 radical (unpaired) electrons. The number of nitro groups is 1. The second-order valence-electron chi connectivity index (χ2n) is 5.83. The summed E-state index contributed by atoms with van der Waals surface area (Å²) in [4.78, 5) is 12.4. The molecule has 0 aromatic heterocycles. The Morgan fingerprint density at radius 3 is 2.45 bits per heavy atom. The van der Waals surface area contributed by atoms with Crippen LogP contribution in [0.2, 0.25) is 0 Å². The van der Waals surface area contributed by atoms with Crippen LogP contribution < -0.4 is 5.32 Å². The molecule has 0 aliphatic carbocycles. The lowest BCUT2D eigenvalue weighted by Gasteiger charge is -2.33. The van der Waals surface area contributed by atoms with Gasteiger partial charge in [-0.25, -0.2) is 0 Å². The molecule has 2 unspecified atom stereocenters. The monoisotopic (exact) mass is 309 g/mol. The van der Waals surface area contributed by atoms with Crippen molar-refractivity contribution in [2.24, 2.45) is 0 Å². The normalized spacial score (nSPS) is 19.8. The Bertz CT molecular complexity index is 486. The number of nitrogens with zero attached hydrogens (tertiary/aromatic N) is 2. The lowest BCUT2D eigenvalue weighted by molar-refractivity contribution is -0.384. The minimum absolute atomic E-state index is 0.0141. The minimum atomic E-state index is -0.898. The molecule has 3 N–H and O–H groups in total. The zero-order valence-corrected chi connectivity index (χ0v) is 12.7. The van der Waals surface area contributed by atoms with Gasteiger partial charge in [0.25, 0.3) is 5.69 Å². The Morgan fingerprint density at radius 1 is 1.36 bits per heavy atom. The summed E-state index contributed by atoms with van der Waals surface area (Å²) in [5.41, 5.74) is 0.546. The van der Waals surface area contributed by atoms with E-state index in [2.05, 4.69) is 17.3 Å². The molecule has 1 fully saturated rings. The van der Waals surface area contributed by atoms with Crippen LogP contribution in [0, 0.1) is 10.1 Å². The van der Waals surface area contributed by atoms with E-state index in [1.165, 1.54) is 24.3 Å². The Hall–Kier alpha value is -1.54. The molecule has 1 aromatic rings. The number of likely N-dealkylation sites (tertiary alicyclic amines) is 1. The highest BCUT2D eigenvalue weighted by Gasteiger charge is 2.25. The second-order valence-corrected chi connectivity index (χ2v) is 5.83. The third kappa shape index (κ3) is 4.23. The van der Waals surface area contributed by atoms with Crippen molar-refractivity contribution in [2.45, 2.75) is 31.0 Å². The molecule has 122 valence electrons. The summed E-state index contributed by atoms with van der Waals surface area (Å²) in [6.45, 7) is 1.79. The first-order valence-corrected chi connectivity index (χ1v) is 7.49. The highest BCUT2D eigenvalue weighted by molar-refractivity contribution is 5.34. The molecule has 2 atom stereocenters. The number of piperidine rings is 1. The molecule has 1 aromatic carbocycles. The number of hydrogen-bond acceptors (Lipinski definition) is 6. The van der Waals surface area contributed by atoms with Crippen LogP contribution >= 0.6 is 0 Å². The standard InChI is InChI=1S/C15H23N3O4/c1-17-8-6-12(7-9-17)16-14(10-19)15(20)11-2-4-13(5-3-11)18(21)22/h2-5,12,14-16,19-20H,6-10H2,1H3. The molecule has 1 aliphatic heterocycles. The van der Waals surface area contributed by atoms with Crippen LogP contribution in [0.15, 0.2) is 24.3 Å². The first-order valence-electron chi connectivity index (χ1n) is 7.49. The van der Waals surface area contributed by atoms with Gasteiger partial charge in [-0.1, -0.05) is 0 Å². The maximum absolute atomic E-state index is 10.6. The van der Waals surface area contributed by atoms with E-state index in [-0.39, 0.29) is 18.3 Å². The van der Waals surface area contributed by atoms with Gasteiger partial charge in [-0.3, -0.25) is 10.1 Å². The molecule has 0 spiro atoms. The van der Waals surface area contributed by atoms with E-state index >= 15 is 0 Å². The van der Waals surface area contributed by atoms with Gasteiger partial charge < -0.3 is 20.4 Å². The molecule has 1 aliphatic rings. The number of aliphatic hydroxyl groups is 2. The Balaban J connectivity index is 1.98. The summed E-state index contributed by atoms with van der Waals surface area (Å²) in [6.07, 6.45) is 1.05. The lowest BCUT2D eigenvalue weighted by atomic mass is 9.99. The van der Waals surface area contributed by atoms with Gasteiger partial charge in [0.1, 0.15) is 0 Å². The van der Waals surface area contributed by atoms with Gasteiger partial charge in [0.15, 0.2) is 0 Å². The van der Waals surface area contributed by atoms with E-state index in [4.69, 9.17) is 0 Å². The first-order chi connectivity index (χ1) is 10.5. The number of benzene rings is 1. The van der Waals surface area contributed by atoms with Crippen LogP contribution in [0.5, 0.6) is 0 Å². The number of non-ortho nitro benzene ring substituents is 1. The van der Waals surface area contributed by atoms with Gasteiger partial charge >= 0.3 is 0 Å². The molecule has 0 amide bonds. The van der Waals surface area contributed by atoms with Crippen LogP contribution in [0.25, 0.3) is 0 Å². The molecule has 0 saturated carbocycles. The molecule has 0 bridgehead atoms. The predicted molar refractivity (Wildman–Crippen MR) is 82.6 cm³/mol. The van der Waals surface area contributed by atoms with Crippen LogP contribution in [-0.4, -0.2) is 58.9 Å². The van der Waals surface area contributed by atoms with Crippen molar-refractivity contribution in [1.82, 2.24) is 10.2 Å². The van der Waals surface area contributed by atoms with Crippen molar-refractivity contribution in [1.29, 1.82) is 0 Å². The molecule has 7 heteroatoms. The topological polar surface area (TPSA) is 98.9 Å². The first kappa shape index (κ1) is 16.8. The number of hydrogen-bond donors (Lipinski definition) is 3. The molecule has 2 rings (SSSR count). The van der Waals surface area contributed by atoms with Crippen LogP contribution in [0.3, 0.4) is 0 Å². The average Bonchev–Trinajstić information content (AvgIpc) is 2.53. The van der Waals surface area contributed by atoms with Crippen molar-refractivity contribution < 1.29 is 15.1 Å². The summed E-state index contributed by atoms with van der Waals surface area (Å²) in [5.74, 6) is 0. The molecular formula is C15H23N3O4. The summed E-state index contributed by atoms with van der Waals surface area (Å²) in [7, 11) is 2.07. The average molecular weight is 309 g/mol. The van der Waals surface area contributed by atoms with Gasteiger partial charge in [0, 0.05) is 18.2 Å². The minimum Gasteiger partial charge on any atom is -0.395 e. The Labute approximate surface area is 129 Å². The predicted octanol–water partition coefficient (Wildman–Crippen LogP) is 0.673. The fraction of sp³-hybridized carbons (Fsp3) is 0.600. The maximum atomic E-state index is 10.6. The van der Waals surface area contributed by atoms with Crippen molar-refractivity contribution in [3.8, 4) is 0 Å². The summed E-state index contributed by atoms with van der Waals surface area (Å²) >= 11 is 0. The molecule has 22 heavy (non-hydrogen) atoms.